The van der Waals surface area contributed by atoms with Crippen LogP contribution in [-0.2, 0) is 10.2 Å². The van der Waals surface area contributed by atoms with Gasteiger partial charge in [0.2, 0.25) is 0 Å². The number of fused-ring (bicyclic) bond motifs is 1. The van der Waals surface area contributed by atoms with E-state index < -0.39 is 5.41 Å². The monoisotopic (exact) mass is 333 g/mol. The van der Waals surface area contributed by atoms with E-state index in [2.05, 4.69) is 0 Å². The van der Waals surface area contributed by atoms with E-state index in [1.165, 1.54) is 4.90 Å². The number of carbonyl (C=O) groups excluding carboxylic acids is 3. The van der Waals surface area contributed by atoms with Gasteiger partial charge in [-0.3, -0.25) is 14.4 Å². The molecule has 0 N–H and O–H groups in total. The molecule has 2 aromatic carbocycles. The van der Waals surface area contributed by atoms with Crippen molar-refractivity contribution in [2.24, 2.45) is 0 Å². The first kappa shape index (κ1) is 15.8. The Labute approximate surface area is 146 Å². The maximum atomic E-state index is 12.7. The minimum Gasteiger partial charge on any atom is -0.299 e. The number of carbonyl (C=O) groups is 3. The van der Waals surface area contributed by atoms with Crippen molar-refractivity contribution in [1.82, 2.24) is 0 Å². The second-order valence-corrected chi connectivity index (χ2v) is 6.98. The van der Waals surface area contributed by atoms with Crippen molar-refractivity contribution in [3.8, 4) is 0 Å². The molecule has 2 amide bonds. The highest BCUT2D eigenvalue weighted by molar-refractivity contribution is 6.34. The third kappa shape index (κ3) is 2.10. The summed E-state index contributed by atoms with van der Waals surface area (Å²) in [6.45, 7) is 3.61. The van der Waals surface area contributed by atoms with Crippen LogP contribution in [0.1, 0.15) is 58.0 Å². The van der Waals surface area contributed by atoms with Crippen LogP contribution in [0.3, 0.4) is 0 Å². The fourth-order valence-electron chi connectivity index (χ4n) is 4.03. The van der Waals surface area contributed by atoms with Crippen LogP contribution in [0.25, 0.3) is 0 Å². The third-order valence-corrected chi connectivity index (χ3v) is 5.67. The lowest BCUT2D eigenvalue weighted by Gasteiger charge is -2.41. The molecule has 25 heavy (non-hydrogen) atoms. The first-order chi connectivity index (χ1) is 12.0. The van der Waals surface area contributed by atoms with Crippen LogP contribution in [0, 0.1) is 6.92 Å². The van der Waals surface area contributed by atoms with Crippen molar-refractivity contribution in [3.63, 3.8) is 0 Å². The van der Waals surface area contributed by atoms with Crippen molar-refractivity contribution in [2.45, 2.75) is 38.5 Å². The van der Waals surface area contributed by atoms with Gasteiger partial charge in [-0.15, -0.1) is 0 Å². The summed E-state index contributed by atoms with van der Waals surface area (Å²) in [6.07, 6.45) is 2.68. The van der Waals surface area contributed by atoms with Crippen molar-refractivity contribution in [3.05, 3.63) is 64.7 Å². The van der Waals surface area contributed by atoms with Gasteiger partial charge in [0.15, 0.2) is 0 Å². The number of imide groups is 1. The molecule has 0 radical (unpaired) electrons. The Bertz CT molecular complexity index is 889. The molecule has 2 aliphatic rings. The zero-order chi connectivity index (χ0) is 17.8. The lowest BCUT2D eigenvalue weighted by molar-refractivity contribution is -0.125. The summed E-state index contributed by atoms with van der Waals surface area (Å²) in [6, 6.07) is 12.4. The predicted octanol–water partition coefficient (Wildman–Crippen LogP) is 3.81. The minimum absolute atomic E-state index is 0.154. The van der Waals surface area contributed by atoms with Crippen LogP contribution in [0.2, 0.25) is 0 Å². The number of benzene rings is 2. The van der Waals surface area contributed by atoms with E-state index in [1.54, 1.807) is 37.3 Å². The smallest absolute Gasteiger partial charge is 0.266 e. The molecule has 0 spiro atoms. The second-order valence-electron chi connectivity index (χ2n) is 6.98. The number of ketones is 1. The summed E-state index contributed by atoms with van der Waals surface area (Å²) < 4.78 is 0. The molecule has 4 heteroatoms. The first-order valence-electron chi connectivity index (χ1n) is 8.56. The highest BCUT2D eigenvalue weighted by Crippen LogP contribution is 2.47. The van der Waals surface area contributed by atoms with Crippen molar-refractivity contribution < 1.29 is 14.4 Å². The van der Waals surface area contributed by atoms with Gasteiger partial charge in [-0.1, -0.05) is 24.6 Å². The minimum atomic E-state index is -0.460. The third-order valence-electron chi connectivity index (χ3n) is 5.67. The molecule has 1 saturated carbocycles. The molecule has 2 aromatic rings. The first-order valence-corrected chi connectivity index (χ1v) is 8.56. The molecule has 1 fully saturated rings. The molecule has 1 heterocycles. The maximum absolute atomic E-state index is 12.7. The predicted molar refractivity (Wildman–Crippen MR) is 95.0 cm³/mol. The number of anilines is 1. The quantitative estimate of drug-likeness (QED) is 0.803. The van der Waals surface area contributed by atoms with E-state index in [4.69, 9.17) is 0 Å². The van der Waals surface area contributed by atoms with Gasteiger partial charge in [0, 0.05) is 0 Å². The zero-order valence-electron chi connectivity index (χ0n) is 14.3. The van der Waals surface area contributed by atoms with E-state index >= 15 is 0 Å². The Morgan fingerprint density at radius 2 is 1.60 bits per heavy atom. The summed E-state index contributed by atoms with van der Waals surface area (Å²) in [5.74, 6) is -0.455. The fraction of sp³-hybridized carbons (Fsp3) is 0.286. The van der Waals surface area contributed by atoms with Gasteiger partial charge in [-0.2, -0.15) is 0 Å². The Balaban J connectivity index is 1.81. The molecule has 0 aromatic heterocycles. The number of hydrogen-bond donors (Lipinski definition) is 0. The van der Waals surface area contributed by atoms with E-state index in [-0.39, 0.29) is 17.6 Å². The summed E-state index contributed by atoms with van der Waals surface area (Å²) in [5.41, 5.74) is 2.91. The standard InChI is InChI=1S/C21H19NO3/c1-13-8-9-15(12-18(13)21(14(2)23)10-5-11-21)22-19(24)16-6-3-4-7-17(16)20(22)25/h3-4,6-9,12H,5,10-11H2,1-2H3. The summed E-state index contributed by atoms with van der Waals surface area (Å²) >= 11 is 0. The SMILES string of the molecule is CC(=O)C1(c2cc(N3C(=O)c4ccccc4C3=O)ccc2C)CCC1. The topological polar surface area (TPSA) is 54.5 Å². The molecular formula is C21H19NO3. The van der Waals surface area contributed by atoms with Gasteiger partial charge in [0.25, 0.3) is 11.8 Å². The molecule has 0 saturated heterocycles. The Hall–Kier alpha value is -2.75. The number of hydrogen-bond acceptors (Lipinski definition) is 3. The molecule has 0 atom stereocenters. The Morgan fingerprint density at radius 3 is 2.08 bits per heavy atom. The highest BCUT2D eigenvalue weighted by atomic mass is 16.2. The average molecular weight is 333 g/mol. The molecule has 1 aliphatic heterocycles. The van der Waals surface area contributed by atoms with E-state index in [9.17, 15) is 14.4 Å². The molecule has 126 valence electrons. The Morgan fingerprint density at radius 1 is 1.00 bits per heavy atom. The van der Waals surface area contributed by atoms with Crippen LogP contribution >= 0.6 is 0 Å². The number of amides is 2. The van der Waals surface area contributed by atoms with Crippen molar-refractivity contribution >= 4 is 23.3 Å². The van der Waals surface area contributed by atoms with Gasteiger partial charge in [0.05, 0.1) is 22.2 Å². The largest absolute Gasteiger partial charge is 0.299 e. The van der Waals surface area contributed by atoms with Crippen molar-refractivity contribution in [2.75, 3.05) is 4.90 Å². The average Bonchev–Trinajstić information content (AvgIpc) is 2.80. The van der Waals surface area contributed by atoms with Crippen LogP contribution in [-0.4, -0.2) is 17.6 Å². The lowest BCUT2D eigenvalue weighted by atomic mass is 9.61. The summed E-state index contributed by atoms with van der Waals surface area (Å²) in [5, 5.41) is 0. The van der Waals surface area contributed by atoms with E-state index in [0.29, 0.717) is 16.8 Å². The number of nitrogens with zero attached hydrogens (tertiary/aromatic N) is 1. The lowest BCUT2D eigenvalue weighted by Crippen LogP contribution is -2.42. The summed E-state index contributed by atoms with van der Waals surface area (Å²) in [7, 11) is 0. The Kier molecular flexibility index (Phi) is 3.39. The number of Topliss-reactive ketones (excluding diaryl/α,β-unsaturated/α-hetero) is 1. The van der Waals surface area contributed by atoms with E-state index in [0.717, 1.165) is 30.4 Å². The van der Waals surface area contributed by atoms with Gasteiger partial charge in [-0.25, -0.2) is 4.90 Å². The number of aryl methyl sites for hydroxylation is 1. The fourth-order valence-corrected chi connectivity index (χ4v) is 4.03. The molecule has 1 aliphatic carbocycles. The van der Waals surface area contributed by atoms with Gasteiger partial charge in [0.1, 0.15) is 5.78 Å². The van der Waals surface area contributed by atoms with Gasteiger partial charge < -0.3 is 0 Å². The summed E-state index contributed by atoms with van der Waals surface area (Å²) in [4.78, 5) is 38.9. The van der Waals surface area contributed by atoms with Gasteiger partial charge in [-0.05, 0) is 62.1 Å². The zero-order valence-corrected chi connectivity index (χ0v) is 14.3. The molecule has 0 bridgehead atoms. The van der Waals surface area contributed by atoms with Crippen LogP contribution in [0.4, 0.5) is 5.69 Å². The molecular weight excluding hydrogens is 314 g/mol. The number of rotatable bonds is 3. The molecule has 0 unspecified atom stereocenters. The molecule has 4 rings (SSSR count). The second kappa shape index (κ2) is 5.38. The molecule has 4 nitrogen and oxygen atoms in total. The van der Waals surface area contributed by atoms with Crippen LogP contribution in [0.15, 0.2) is 42.5 Å². The van der Waals surface area contributed by atoms with Gasteiger partial charge >= 0.3 is 0 Å². The van der Waals surface area contributed by atoms with Crippen molar-refractivity contribution in [1.29, 1.82) is 0 Å². The van der Waals surface area contributed by atoms with Crippen LogP contribution in [0.5, 0.6) is 0 Å². The highest BCUT2D eigenvalue weighted by Gasteiger charge is 2.45. The normalized spacial score (nSPS) is 18.1. The maximum Gasteiger partial charge on any atom is 0.266 e. The van der Waals surface area contributed by atoms with E-state index in [1.807, 2.05) is 19.1 Å². The van der Waals surface area contributed by atoms with Crippen LogP contribution < -0.4 is 4.90 Å².